The molecule has 0 fully saturated rings. The molecule has 0 spiro atoms. The molecule has 0 radical (unpaired) electrons. The summed E-state index contributed by atoms with van der Waals surface area (Å²) >= 11 is 0. The summed E-state index contributed by atoms with van der Waals surface area (Å²) in [6.07, 6.45) is 6.79. The molecule has 7 heteroatoms. The second-order valence-electron chi connectivity index (χ2n) is 11.8. The molecule has 0 saturated carbocycles. The standard InChI is InChI=1S/C31H41N5O2/c1-6-30(2,3)17-22(15-20-18-33-25-13-9-7-11-23(20)25)35-28(37)27(36-29(38)31(4,5)32)16-21-19-34-26-14-10-8-12-24(21)26/h7-14,18-19,22,27,33-34H,6,15-17,32H2,1-5H3,(H,35,37)(H,36,38)/t22-,27-/m1/s1. The normalized spacial score (nSPS) is 13.9. The van der Waals surface area contributed by atoms with Crippen LogP contribution in [0.4, 0.5) is 0 Å². The van der Waals surface area contributed by atoms with E-state index in [0.29, 0.717) is 12.8 Å². The molecule has 38 heavy (non-hydrogen) atoms. The van der Waals surface area contributed by atoms with Crippen molar-refractivity contribution in [2.45, 2.75) is 77.9 Å². The Morgan fingerprint density at radius 2 is 1.37 bits per heavy atom. The second-order valence-corrected chi connectivity index (χ2v) is 11.8. The van der Waals surface area contributed by atoms with E-state index in [0.717, 1.165) is 45.8 Å². The van der Waals surface area contributed by atoms with E-state index >= 15 is 0 Å². The molecule has 0 unspecified atom stereocenters. The molecular weight excluding hydrogens is 474 g/mol. The Bertz CT molecular complexity index is 1410. The zero-order valence-corrected chi connectivity index (χ0v) is 23.2. The third kappa shape index (κ3) is 6.45. The van der Waals surface area contributed by atoms with Crippen LogP contribution in [0.15, 0.2) is 60.9 Å². The van der Waals surface area contributed by atoms with Crippen LogP contribution < -0.4 is 16.4 Å². The summed E-state index contributed by atoms with van der Waals surface area (Å²) in [5.74, 6) is -0.566. The Balaban J connectivity index is 1.61. The van der Waals surface area contributed by atoms with E-state index in [1.165, 1.54) is 0 Å². The van der Waals surface area contributed by atoms with Crippen LogP contribution in [0.25, 0.3) is 21.8 Å². The summed E-state index contributed by atoms with van der Waals surface area (Å²) in [5, 5.41) is 8.44. The third-order valence-electron chi connectivity index (χ3n) is 7.55. The maximum Gasteiger partial charge on any atom is 0.243 e. The van der Waals surface area contributed by atoms with E-state index in [2.05, 4.69) is 53.5 Å². The third-order valence-corrected chi connectivity index (χ3v) is 7.55. The van der Waals surface area contributed by atoms with Gasteiger partial charge in [-0.1, -0.05) is 63.6 Å². The number of H-pyrrole nitrogens is 2. The maximum atomic E-state index is 13.9. The lowest BCUT2D eigenvalue weighted by molar-refractivity contribution is -0.131. The largest absolute Gasteiger partial charge is 0.361 e. The Morgan fingerprint density at radius 1 is 0.842 bits per heavy atom. The van der Waals surface area contributed by atoms with Gasteiger partial charge >= 0.3 is 0 Å². The van der Waals surface area contributed by atoms with Crippen LogP contribution in [0.5, 0.6) is 0 Å². The van der Waals surface area contributed by atoms with E-state index in [9.17, 15) is 9.59 Å². The lowest BCUT2D eigenvalue weighted by atomic mass is 9.81. The van der Waals surface area contributed by atoms with Crippen LogP contribution in [0, 0.1) is 5.41 Å². The van der Waals surface area contributed by atoms with Crippen LogP contribution in [-0.4, -0.2) is 39.4 Å². The SMILES string of the molecule is CCC(C)(C)C[C@@H](Cc1c[nH]c2ccccc12)NC(=O)[C@@H](Cc1c[nH]c2ccccc12)NC(=O)C(C)(C)N. The predicted octanol–water partition coefficient (Wildman–Crippen LogP) is 4.97. The van der Waals surface area contributed by atoms with Gasteiger partial charge in [0.05, 0.1) is 5.54 Å². The van der Waals surface area contributed by atoms with Crippen LogP contribution in [0.1, 0.15) is 58.6 Å². The van der Waals surface area contributed by atoms with E-state index < -0.39 is 11.6 Å². The molecule has 0 bridgehead atoms. The fourth-order valence-electron chi connectivity index (χ4n) is 4.93. The van der Waals surface area contributed by atoms with Crippen molar-refractivity contribution in [2.24, 2.45) is 11.1 Å². The number of nitrogens with two attached hydrogens (primary N) is 1. The van der Waals surface area contributed by atoms with Gasteiger partial charge < -0.3 is 26.3 Å². The summed E-state index contributed by atoms with van der Waals surface area (Å²) in [6.45, 7) is 9.92. The number of aromatic nitrogens is 2. The highest BCUT2D eigenvalue weighted by Gasteiger charge is 2.31. The number of amides is 2. The van der Waals surface area contributed by atoms with Gasteiger partial charge in [-0.25, -0.2) is 0 Å². The average molecular weight is 516 g/mol. The topological polar surface area (TPSA) is 116 Å². The van der Waals surface area contributed by atoms with Crippen molar-refractivity contribution in [2.75, 3.05) is 0 Å². The number of aromatic amines is 2. The number of hydrogen-bond donors (Lipinski definition) is 5. The van der Waals surface area contributed by atoms with E-state index in [4.69, 9.17) is 5.73 Å². The molecule has 202 valence electrons. The highest BCUT2D eigenvalue weighted by molar-refractivity contribution is 5.92. The van der Waals surface area contributed by atoms with Gasteiger partial charge in [-0.2, -0.15) is 0 Å². The van der Waals surface area contributed by atoms with Crippen LogP contribution in [0.3, 0.4) is 0 Å². The molecule has 4 rings (SSSR count). The second kappa shape index (κ2) is 11.0. The Kier molecular flexibility index (Phi) is 7.97. The smallest absolute Gasteiger partial charge is 0.243 e. The molecule has 4 aromatic rings. The van der Waals surface area contributed by atoms with Gasteiger partial charge in [0.2, 0.25) is 11.8 Å². The molecule has 7 nitrogen and oxygen atoms in total. The van der Waals surface area contributed by atoms with Gasteiger partial charge in [0, 0.05) is 46.7 Å². The van der Waals surface area contributed by atoms with E-state index in [1.807, 2.05) is 48.8 Å². The van der Waals surface area contributed by atoms with Gasteiger partial charge in [-0.05, 0) is 55.4 Å². The van der Waals surface area contributed by atoms with Crippen molar-refractivity contribution in [1.82, 2.24) is 20.6 Å². The summed E-state index contributed by atoms with van der Waals surface area (Å²) in [5.41, 5.74) is 9.23. The van der Waals surface area contributed by atoms with Crippen molar-refractivity contribution in [3.63, 3.8) is 0 Å². The molecule has 2 heterocycles. The van der Waals surface area contributed by atoms with Gasteiger partial charge in [-0.3, -0.25) is 9.59 Å². The first-order valence-corrected chi connectivity index (χ1v) is 13.5. The fourth-order valence-corrected chi connectivity index (χ4v) is 4.93. The number of hydrogen-bond acceptors (Lipinski definition) is 3. The van der Waals surface area contributed by atoms with E-state index in [-0.39, 0.29) is 23.3 Å². The molecule has 0 aliphatic rings. The molecule has 2 amide bonds. The first kappa shape index (κ1) is 27.5. The maximum absolute atomic E-state index is 13.9. The van der Waals surface area contributed by atoms with Crippen molar-refractivity contribution < 1.29 is 9.59 Å². The van der Waals surface area contributed by atoms with Crippen molar-refractivity contribution >= 4 is 33.6 Å². The summed E-state index contributed by atoms with van der Waals surface area (Å²) in [4.78, 5) is 33.4. The van der Waals surface area contributed by atoms with Gasteiger partial charge in [-0.15, -0.1) is 0 Å². The molecule has 2 atom stereocenters. The lowest BCUT2D eigenvalue weighted by Gasteiger charge is -2.31. The van der Waals surface area contributed by atoms with Gasteiger partial charge in [0.1, 0.15) is 6.04 Å². The predicted molar refractivity (Wildman–Crippen MR) is 155 cm³/mol. The van der Waals surface area contributed by atoms with Crippen molar-refractivity contribution in [3.8, 4) is 0 Å². The molecule has 0 aliphatic carbocycles. The Morgan fingerprint density at radius 3 is 1.89 bits per heavy atom. The first-order valence-electron chi connectivity index (χ1n) is 13.5. The van der Waals surface area contributed by atoms with Gasteiger partial charge in [0.25, 0.3) is 0 Å². The Labute approximate surface area is 225 Å². The number of fused-ring (bicyclic) bond motifs is 2. The minimum atomic E-state index is -1.10. The number of benzene rings is 2. The Hall–Kier alpha value is -3.58. The number of rotatable bonds is 11. The van der Waals surface area contributed by atoms with E-state index in [1.54, 1.807) is 13.8 Å². The average Bonchev–Trinajstić information content (AvgIpc) is 3.47. The molecule has 6 N–H and O–H groups in total. The monoisotopic (exact) mass is 515 g/mol. The lowest BCUT2D eigenvalue weighted by Crippen LogP contribution is -2.57. The van der Waals surface area contributed by atoms with Gasteiger partial charge in [0.15, 0.2) is 0 Å². The zero-order chi connectivity index (χ0) is 27.5. The first-order chi connectivity index (χ1) is 18.0. The number of para-hydroxylation sites is 2. The number of carbonyl (C=O) groups is 2. The quantitative estimate of drug-likeness (QED) is 0.194. The highest BCUT2D eigenvalue weighted by atomic mass is 16.2. The van der Waals surface area contributed by atoms with Crippen LogP contribution >= 0.6 is 0 Å². The van der Waals surface area contributed by atoms with Crippen molar-refractivity contribution in [1.29, 1.82) is 0 Å². The summed E-state index contributed by atoms with van der Waals surface area (Å²) in [7, 11) is 0. The number of nitrogens with one attached hydrogen (secondary N) is 4. The molecular formula is C31H41N5O2. The fraction of sp³-hybridized carbons (Fsp3) is 0.419. The summed E-state index contributed by atoms with van der Waals surface area (Å²) < 4.78 is 0. The minimum Gasteiger partial charge on any atom is -0.361 e. The zero-order valence-electron chi connectivity index (χ0n) is 23.2. The highest BCUT2D eigenvalue weighted by Crippen LogP contribution is 2.29. The van der Waals surface area contributed by atoms with Crippen LogP contribution in [0.2, 0.25) is 0 Å². The van der Waals surface area contributed by atoms with Crippen molar-refractivity contribution in [3.05, 3.63) is 72.1 Å². The number of carbonyl (C=O) groups excluding carboxylic acids is 2. The van der Waals surface area contributed by atoms with Crippen LogP contribution in [-0.2, 0) is 22.4 Å². The molecule has 2 aromatic heterocycles. The molecule has 0 aliphatic heterocycles. The summed E-state index contributed by atoms with van der Waals surface area (Å²) in [6, 6.07) is 15.3. The minimum absolute atomic E-state index is 0.0406. The molecule has 0 saturated heterocycles. The molecule has 2 aromatic carbocycles.